The summed E-state index contributed by atoms with van der Waals surface area (Å²) in [5.74, 6) is -0.330. The largest absolute Gasteiger partial charge is 0.331 e. The Balaban J connectivity index is 1.37. The van der Waals surface area contributed by atoms with Gasteiger partial charge in [0.1, 0.15) is 5.82 Å². The number of hydrogen-bond acceptors (Lipinski definition) is 4. The standard InChI is InChI=1S/C30H35FN2O3S2/c1-20-17-22(3)28(18-21(20)2)38(35,36)33-14-5-4-9-25(33)10-11-29(34)32-15-12-27-26(13-16-37-27)30(32)23-7-6-8-24(31)19-23/h6-8,13,16-19,25,30H,4-5,9-12,14-15H2,1-3H3. The first kappa shape index (κ1) is 27.0. The number of aryl methyl sites for hydroxylation is 3. The molecule has 1 fully saturated rings. The third kappa shape index (κ3) is 5.18. The smallest absolute Gasteiger partial charge is 0.243 e. The minimum atomic E-state index is -3.68. The number of sulfonamides is 1. The zero-order valence-corrected chi connectivity index (χ0v) is 23.9. The van der Waals surface area contributed by atoms with E-state index in [1.54, 1.807) is 27.8 Å². The van der Waals surface area contributed by atoms with Gasteiger partial charge in [-0.1, -0.05) is 24.6 Å². The summed E-state index contributed by atoms with van der Waals surface area (Å²) in [7, 11) is -3.68. The van der Waals surface area contributed by atoms with E-state index in [1.165, 1.54) is 17.0 Å². The number of halogens is 1. The van der Waals surface area contributed by atoms with Crippen LogP contribution in [0.15, 0.2) is 52.7 Å². The van der Waals surface area contributed by atoms with E-state index in [-0.39, 0.29) is 30.2 Å². The second-order valence-electron chi connectivity index (χ2n) is 10.6. The molecular weight excluding hydrogens is 519 g/mol. The minimum Gasteiger partial charge on any atom is -0.331 e. The van der Waals surface area contributed by atoms with E-state index in [0.29, 0.717) is 24.4 Å². The number of thiophene rings is 1. The number of carbonyl (C=O) groups excluding carboxylic acids is 1. The number of nitrogens with zero attached hydrogens (tertiary/aromatic N) is 2. The van der Waals surface area contributed by atoms with E-state index in [9.17, 15) is 17.6 Å². The van der Waals surface area contributed by atoms with Gasteiger partial charge >= 0.3 is 0 Å². The van der Waals surface area contributed by atoms with Crippen LogP contribution in [0.5, 0.6) is 0 Å². The van der Waals surface area contributed by atoms with Crippen molar-refractivity contribution in [3.8, 4) is 0 Å². The third-order valence-electron chi connectivity index (χ3n) is 8.09. The van der Waals surface area contributed by atoms with Gasteiger partial charge in [0.2, 0.25) is 15.9 Å². The lowest BCUT2D eigenvalue weighted by Crippen LogP contribution is -2.45. The van der Waals surface area contributed by atoms with Crippen LogP contribution in [0.1, 0.15) is 70.8 Å². The lowest BCUT2D eigenvalue weighted by molar-refractivity contribution is -0.133. The molecule has 5 rings (SSSR count). The highest BCUT2D eigenvalue weighted by atomic mass is 32.2. The summed E-state index contributed by atoms with van der Waals surface area (Å²) in [6.07, 6.45) is 4.03. The Bertz CT molecular complexity index is 1450. The van der Waals surface area contributed by atoms with Crippen molar-refractivity contribution in [3.05, 3.63) is 86.4 Å². The van der Waals surface area contributed by atoms with Gasteiger partial charge in [0, 0.05) is 30.4 Å². The highest BCUT2D eigenvalue weighted by Gasteiger charge is 2.37. The van der Waals surface area contributed by atoms with Crippen LogP contribution < -0.4 is 0 Å². The summed E-state index contributed by atoms with van der Waals surface area (Å²) < 4.78 is 43.4. The van der Waals surface area contributed by atoms with E-state index in [4.69, 9.17) is 0 Å². The van der Waals surface area contributed by atoms with Crippen LogP contribution in [0.25, 0.3) is 0 Å². The molecule has 38 heavy (non-hydrogen) atoms. The van der Waals surface area contributed by atoms with Crippen molar-refractivity contribution in [3.63, 3.8) is 0 Å². The average molecular weight is 555 g/mol. The first-order valence-corrected chi connectivity index (χ1v) is 15.7. The van der Waals surface area contributed by atoms with Crippen LogP contribution in [-0.2, 0) is 21.2 Å². The van der Waals surface area contributed by atoms with Gasteiger partial charge < -0.3 is 4.90 Å². The molecule has 2 unspecified atom stereocenters. The van der Waals surface area contributed by atoms with Gasteiger partial charge in [-0.05, 0) is 104 Å². The molecule has 2 aromatic carbocycles. The molecule has 1 amide bonds. The molecule has 1 saturated heterocycles. The maximum absolute atomic E-state index is 14.2. The lowest BCUT2D eigenvalue weighted by atomic mass is 9.92. The third-order valence-corrected chi connectivity index (χ3v) is 11.2. The number of rotatable bonds is 6. The quantitative estimate of drug-likeness (QED) is 0.359. The molecular formula is C30H35FN2O3S2. The molecule has 0 radical (unpaired) electrons. The van der Waals surface area contributed by atoms with E-state index >= 15 is 0 Å². The molecule has 2 aliphatic heterocycles. The Morgan fingerprint density at radius 1 is 1.03 bits per heavy atom. The predicted octanol–water partition coefficient (Wildman–Crippen LogP) is 6.31. The fourth-order valence-electron chi connectivity index (χ4n) is 5.97. The van der Waals surface area contributed by atoms with Crippen molar-refractivity contribution in [2.75, 3.05) is 13.1 Å². The lowest BCUT2D eigenvalue weighted by Gasteiger charge is -2.38. The molecule has 0 N–H and O–H groups in total. The highest BCUT2D eigenvalue weighted by molar-refractivity contribution is 7.89. The average Bonchev–Trinajstić information content (AvgIpc) is 3.38. The van der Waals surface area contributed by atoms with Crippen LogP contribution in [0.4, 0.5) is 4.39 Å². The Morgan fingerprint density at radius 3 is 2.61 bits per heavy atom. The van der Waals surface area contributed by atoms with E-state index in [1.807, 2.05) is 49.3 Å². The van der Waals surface area contributed by atoms with Crippen LogP contribution in [0, 0.1) is 26.6 Å². The summed E-state index contributed by atoms with van der Waals surface area (Å²) >= 11 is 1.68. The fraction of sp³-hybridized carbons (Fsp3) is 0.433. The summed E-state index contributed by atoms with van der Waals surface area (Å²) in [5, 5.41) is 2.03. The molecule has 0 spiro atoms. The first-order valence-electron chi connectivity index (χ1n) is 13.4. The number of carbonyl (C=O) groups is 1. The van der Waals surface area contributed by atoms with Crippen molar-refractivity contribution in [2.24, 2.45) is 0 Å². The van der Waals surface area contributed by atoms with Gasteiger partial charge in [-0.2, -0.15) is 4.31 Å². The second-order valence-corrected chi connectivity index (χ2v) is 13.5. The SMILES string of the molecule is Cc1cc(C)c(S(=O)(=O)N2CCCCC2CCC(=O)N2CCc3sccc3C2c2cccc(F)c2)cc1C. The van der Waals surface area contributed by atoms with E-state index in [2.05, 4.69) is 0 Å². The maximum atomic E-state index is 14.2. The Hall–Kier alpha value is -2.55. The Kier molecular flexibility index (Phi) is 7.76. The van der Waals surface area contributed by atoms with Crippen LogP contribution >= 0.6 is 11.3 Å². The number of piperidine rings is 1. The summed E-state index contributed by atoms with van der Waals surface area (Å²) in [5.41, 5.74) is 4.62. The van der Waals surface area contributed by atoms with Crippen molar-refractivity contribution in [2.45, 2.75) is 76.3 Å². The van der Waals surface area contributed by atoms with Crippen molar-refractivity contribution in [1.29, 1.82) is 0 Å². The van der Waals surface area contributed by atoms with Gasteiger partial charge in [0.25, 0.3) is 0 Å². The zero-order chi connectivity index (χ0) is 27.0. The predicted molar refractivity (Wildman–Crippen MR) is 149 cm³/mol. The number of benzene rings is 2. The molecule has 1 aromatic heterocycles. The van der Waals surface area contributed by atoms with Crippen LogP contribution in [0.3, 0.4) is 0 Å². The monoisotopic (exact) mass is 554 g/mol. The van der Waals surface area contributed by atoms with Gasteiger partial charge in [-0.25, -0.2) is 12.8 Å². The molecule has 202 valence electrons. The number of fused-ring (bicyclic) bond motifs is 1. The van der Waals surface area contributed by atoms with Crippen LogP contribution in [-0.4, -0.2) is 42.7 Å². The molecule has 5 nitrogen and oxygen atoms in total. The number of hydrogen-bond donors (Lipinski definition) is 0. The molecule has 0 saturated carbocycles. The van der Waals surface area contributed by atoms with Crippen molar-refractivity contribution < 1.29 is 17.6 Å². The molecule has 8 heteroatoms. The highest BCUT2D eigenvalue weighted by Crippen LogP contribution is 2.39. The zero-order valence-electron chi connectivity index (χ0n) is 22.2. The Labute approximate surface area is 229 Å². The molecule has 0 aliphatic carbocycles. The molecule has 3 aromatic rings. The van der Waals surface area contributed by atoms with Crippen molar-refractivity contribution >= 4 is 27.3 Å². The first-order chi connectivity index (χ1) is 18.2. The maximum Gasteiger partial charge on any atom is 0.243 e. The van der Waals surface area contributed by atoms with E-state index in [0.717, 1.165) is 53.5 Å². The molecule has 0 bridgehead atoms. The molecule has 2 aliphatic rings. The van der Waals surface area contributed by atoms with Gasteiger partial charge in [0.05, 0.1) is 10.9 Å². The summed E-state index contributed by atoms with van der Waals surface area (Å²) in [4.78, 5) is 17.1. The second kappa shape index (κ2) is 10.9. The normalized spacial score (nSPS) is 20.4. The van der Waals surface area contributed by atoms with Gasteiger partial charge in [0.15, 0.2) is 0 Å². The topological polar surface area (TPSA) is 57.7 Å². The van der Waals surface area contributed by atoms with Gasteiger partial charge in [-0.15, -0.1) is 11.3 Å². The Morgan fingerprint density at radius 2 is 1.82 bits per heavy atom. The number of amides is 1. The van der Waals surface area contributed by atoms with E-state index < -0.39 is 10.0 Å². The van der Waals surface area contributed by atoms with Crippen LogP contribution in [0.2, 0.25) is 0 Å². The van der Waals surface area contributed by atoms with Gasteiger partial charge in [-0.3, -0.25) is 4.79 Å². The fourth-order valence-corrected chi connectivity index (χ4v) is 8.89. The van der Waals surface area contributed by atoms with Crippen molar-refractivity contribution in [1.82, 2.24) is 9.21 Å². The minimum absolute atomic E-state index is 0.0126. The molecule has 2 atom stereocenters. The summed E-state index contributed by atoms with van der Waals surface area (Å²) in [6.45, 7) is 6.82. The molecule has 3 heterocycles. The summed E-state index contributed by atoms with van der Waals surface area (Å²) in [6, 6.07) is 11.7.